The van der Waals surface area contributed by atoms with Crippen molar-refractivity contribution < 1.29 is 13.9 Å². The van der Waals surface area contributed by atoms with E-state index in [0.29, 0.717) is 33.5 Å². The lowest BCUT2D eigenvalue weighted by Gasteiger charge is -2.15. The largest absolute Gasteiger partial charge is 0.495 e. The third-order valence-corrected chi connectivity index (χ3v) is 5.71. The van der Waals surface area contributed by atoms with Crippen LogP contribution in [0, 0.1) is 0 Å². The molecule has 8 heteroatoms. The van der Waals surface area contributed by atoms with E-state index < -0.39 is 5.25 Å². The number of benzene rings is 2. The molecule has 0 bridgehead atoms. The molecule has 1 unspecified atom stereocenters. The summed E-state index contributed by atoms with van der Waals surface area (Å²) in [5, 5.41) is 11.4. The summed E-state index contributed by atoms with van der Waals surface area (Å²) in [7, 11) is 1.54. The predicted octanol–water partition coefficient (Wildman–Crippen LogP) is 5.08. The number of carbonyl (C=O) groups excluding carboxylic acids is 1. The van der Waals surface area contributed by atoms with Crippen molar-refractivity contribution in [1.82, 2.24) is 10.2 Å². The zero-order valence-corrected chi connectivity index (χ0v) is 16.7. The molecule has 0 spiro atoms. The minimum Gasteiger partial charge on any atom is -0.495 e. The number of carbonyl (C=O) groups is 1. The minimum atomic E-state index is -0.547. The molecule has 6 nitrogen and oxygen atoms in total. The van der Waals surface area contributed by atoms with Crippen LogP contribution >= 0.6 is 23.4 Å². The SMILES string of the molecule is COc1ccc(NC(=O)C(Sc2nnc(C3CC3)o2)c2ccccc2)cc1Cl. The molecule has 4 rings (SSSR count). The Morgan fingerprint density at radius 2 is 2.04 bits per heavy atom. The molecule has 1 fully saturated rings. The molecular formula is C20H18ClN3O3S. The van der Waals surface area contributed by atoms with E-state index >= 15 is 0 Å². The molecule has 1 aromatic heterocycles. The maximum Gasteiger partial charge on any atom is 0.277 e. The predicted molar refractivity (Wildman–Crippen MR) is 108 cm³/mol. The van der Waals surface area contributed by atoms with E-state index in [4.69, 9.17) is 20.8 Å². The third kappa shape index (κ3) is 4.31. The second kappa shape index (κ2) is 8.24. The Morgan fingerprint density at radius 3 is 2.71 bits per heavy atom. The summed E-state index contributed by atoms with van der Waals surface area (Å²) in [6.07, 6.45) is 2.15. The number of nitrogens with one attached hydrogen (secondary N) is 1. The fraction of sp³-hybridized carbons (Fsp3) is 0.250. The van der Waals surface area contributed by atoms with Crippen LogP contribution < -0.4 is 10.1 Å². The lowest BCUT2D eigenvalue weighted by Crippen LogP contribution is -2.19. The molecule has 0 aliphatic heterocycles. The van der Waals surface area contributed by atoms with E-state index in [9.17, 15) is 4.79 Å². The van der Waals surface area contributed by atoms with Gasteiger partial charge in [-0.1, -0.05) is 41.9 Å². The average molecular weight is 416 g/mol. The molecule has 1 saturated carbocycles. The molecule has 1 aliphatic rings. The lowest BCUT2D eigenvalue weighted by molar-refractivity contribution is -0.115. The monoisotopic (exact) mass is 415 g/mol. The molecule has 28 heavy (non-hydrogen) atoms. The second-order valence-corrected chi connectivity index (χ2v) is 7.89. The lowest BCUT2D eigenvalue weighted by atomic mass is 10.1. The molecule has 144 valence electrons. The van der Waals surface area contributed by atoms with E-state index in [2.05, 4.69) is 15.5 Å². The fourth-order valence-electron chi connectivity index (χ4n) is 2.72. The van der Waals surface area contributed by atoms with Gasteiger partial charge in [-0.25, -0.2) is 0 Å². The van der Waals surface area contributed by atoms with Gasteiger partial charge in [0.2, 0.25) is 11.8 Å². The molecule has 1 aliphatic carbocycles. The molecule has 1 amide bonds. The maximum atomic E-state index is 13.0. The zero-order chi connectivity index (χ0) is 19.5. The van der Waals surface area contributed by atoms with Crippen molar-refractivity contribution in [3.8, 4) is 5.75 Å². The maximum absolute atomic E-state index is 13.0. The average Bonchev–Trinajstić information content (AvgIpc) is 3.45. The van der Waals surface area contributed by atoms with Crippen molar-refractivity contribution in [3.05, 3.63) is 65.0 Å². The zero-order valence-electron chi connectivity index (χ0n) is 15.1. The van der Waals surface area contributed by atoms with Gasteiger partial charge in [0.1, 0.15) is 11.0 Å². The summed E-state index contributed by atoms with van der Waals surface area (Å²) in [6.45, 7) is 0. The summed E-state index contributed by atoms with van der Waals surface area (Å²) in [6, 6.07) is 14.6. The van der Waals surface area contributed by atoms with Crippen molar-refractivity contribution in [2.75, 3.05) is 12.4 Å². The van der Waals surface area contributed by atoms with Gasteiger partial charge in [-0.15, -0.1) is 10.2 Å². The Morgan fingerprint density at radius 1 is 1.25 bits per heavy atom. The fourth-order valence-corrected chi connectivity index (χ4v) is 3.86. The number of aromatic nitrogens is 2. The second-order valence-electron chi connectivity index (χ2n) is 6.43. The van der Waals surface area contributed by atoms with Gasteiger partial charge in [-0.05, 0) is 48.4 Å². The number of nitrogens with zero attached hydrogens (tertiary/aromatic N) is 2. The Labute approximate surface area is 171 Å². The van der Waals surface area contributed by atoms with E-state index in [1.165, 1.54) is 11.8 Å². The van der Waals surface area contributed by atoms with E-state index in [1.54, 1.807) is 25.3 Å². The highest BCUT2D eigenvalue weighted by molar-refractivity contribution is 8.00. The van der Waals surface area contributed by atoms with Crippen LogP contribution in [0.15, 0.2) is 58.2 Å². The highest BCUT2D eigenvalue weighted by atomic mass is 35.5. The van der Waals surface area contributed by atoms with Gasteiger partial charge >= 0.3 is 0 Å². The first kappa shape index (κ1) is 18.8. The smallest absolute Gasteiger partial charge is 0.277 e. The van der Waals surface area contributed by atoms with Crippen LogP contribution in [0.4, 0.5) is 5.69 Å². The standard InChI is InChI=1S/C20H18ClN3O3S/c1-26-16-10-9-14(11-15(16)21)22-18(25)17(12-5-3-2-4-6-12)28-20-24-23-19(27-20)13-7-8-13/h2-6,9-11,13,17H,7-8H2,1H3,(H,22,25). The number of methoxy groups -OCH3 is 1. The molecule has 0 radical (unpaired) electrons. The first-order valence-electron chi connectivity index (χ1n) is 8.83. The number of halogens is 1. The van der Waals surface area contributed by atoms with Crippen LogP contribution in [0.5, 0.6) is 5.75 Å². The number of thioether (sulfide) groups is 1. The number of amides is 1. The van der Waals surface area contributed by atoms with Crippen LogP contribution in [0.1, 0.15) is 35.5 Å². The van der Waals surface area contributed by atoms with Crippen LogP contribution in [0.25, 0.3) is 0 Å². The van der Waals surface area contributed by atoms with Crippen LogP contribution in [0.3, 0.4) is 0 Å². The summed E-state index contributed by atoms with van der Waals surface area (Å²) < 4.78 is 10.9. The number of rotatable bonds is 7. The highest BCUT2D eigenvalue weighted by Crippen LogP contribution is 2.42. The Hall–Kier alpha value is -2.51. The normalized spacial score (nSPS) is 14.5. The molecule has 1 heterocycles. The Balaban J connectivity index is 1.55. The Bertz CT molecular complexity index is 976. The van der Waals surface area contributed by atoms with E-state index in [-0.39, 0.29) is 5.91 Å². The van der Waals surface area contributed by atoms with Gasteiger partial charge in [0, 0.05) is 11.6 Å². The molecule has 1 N–H and O–H groups in total. The molecule has 3 aromatic rings. The van der Waals surface area contributed by atoms with Crippen molar-refractivity contribution in [1.29, 1.82) is 0 Å². The van der Waals surface area contributed by atoms with Gasteiger partial charge in [0.05, 0.1) is 12.1 Å². The molecule has 0 saturated heterocycles. The van der Waals surface area contributed by atoms with Gasteiger partial charge < -0.3 is 14.5 Å². The quantitative estimate of drug-likeness (QED) is 0.542. The first-order valence-corrected chi connectivity index (χ1v) is 10.1. The minimum absolute atomic E-state index is 0.205. The van der Waals surface area contributed by atoms with Crippen LogP contribution in [-0.2, 0) is 4.79 Å². The van der Waals surface area contributed by atoms with Crippen LogP contribution in [0.2, 0.25) is 5.02 Å². The van der Waals surface area contributed by atoms with Crippen LogP contribution in [-0.4, -0.2) is 23.2 Å². The number of anilines is 1. The van der Waals surface area contributed by atoms with Gasteiger partial charge in [0.25, 0.3) is 5.22 Å². The summed E-state index contributed by atoms with van der Waals surface area (Å²) in [4.78, 5) is 13.0. The van der Waals surface area contributed by atoms with Crippen molar-refractivity contribution >= 4 is 35.0 Å². The summed E-state index contributed by atoms with van der Waals surface area (Å²) >= 11 is 7.40. The molecular weight excluding hydrogens is 398 g/mol. The summed E-state index contributed by atoms with van der Waals surface area (Å²) in [5.41, 5.74) is 1.43. The van der Waals surface area contributed by atoms with Gasteiger partial charge in [-0.3, -0.25) is 4.79 Å². The third-order valence-electron chi connectivity index (χ3n) is 4.33. The van der Waals surface area contributed by atoms with Crippen molar-refractivity contribution in [2.24, 2.45) is 0 Å². The highest BCUT2D eigenvalue weighted by Gasteiger charge is 2.31. The topological polar surface area (TPSA) is 77.2 Å². The number of ether oxygens (including phenoxy) is 1. The molecule has 1 atom stereocenters. The Kier molecular flexibility index (Phi) is 5.54. The number of hydrogen-bond acceptors (Lipinski definition) is 6. The first-order chi connectivity index (χ1) is 13.6. The van der Waals surface area contributed by atoms with Gasteiger partial charge in [0.15, 0.2) is 0 Å². The molecule has 2 aromatic carbocycles. The van der Waals surface area contributed by atoms with Crippen molar-refractivity contribution in [3.63, 3.8) is 0 Å². The van der Waals surface area contributed by atoms with Gasteiger partial charge in [-0.2, -0.15) is 0 Å². The van der Waals surface area contributed by atoms with E-state index in [1.807, 2.05) is 30.3 Å². The van der Waals surface area contributed by atoms with E-state index in [0.717, 1.165) is 18.4 Å². The number of hydrogen-bond donors (Lipinski definition) is 1. The van der Waals surface area contributed by atoms with Crippen molar-refractivity contribution in [2.45, 2.75) is 29.2 Å². The summed E-state index contributed by atoms with van der Waals surface area (Å²) in [5.74, 6) is 1.36.